The van der Waals surface area contributed by atoms with Crippen molar-refractivity contribution in [2.75, 3.05) is 6.54 Å². The third-order valence-electron chi connectivity index (χ3n) is 2.80. The zero-order valence-corrected chi connectivity index (χ0v) is 13.9. The molecule has 0 bridgehead atoms. The van der Waals surface area contributed by atoms with E-state index in [1.54, 1.807) is 0 Å². The molecule has 0 saturated carbocycles. The van der Waals surface area contributed by atoms with Gasteiger partial charge in [0.15, 0.2) is 0 Å². The smallest absolute Gasteiger partial charge is 0.211 e. The Kier molecular flexibility index (Phi) is 6.58. The number of nitrogens with one attached hydrogen (secondary N) is 1. The lowest BCUT2D eigenvalue weighted by atomic mass is 10.2. The summed E-state index contributed by atoms with van der Waals surface area (Å²) in [6.45, 7) is 2.24. The first-order chi connectivity index (χ1) is 9.68. The van der Waals surface area contributed by atoms with Crippen LogP contribution in [0.4, 0.5) is 4.39 Å². The third-order valence-corrected chi connectivity index (χ3v) is 5.64. The van der Waals surface area contributed by atoms with Gasteiger partial charge in [0.1, 0.15) is 10.7 Å². The highest BCUT2D eigenvalue weighted by Crippen LogP contribution is 2.21. The lowest BCUT2D eigenvalue weighted by Gasteiger charge is -2.08. The van der Waals surface area contributed by atoms with Crippen molar-refractivity contribution in [3.05, 3.63) is 24.0 Å². The zero-order chi connectivity index (χ0) is 16.1. The van der Waals surface area contributed by atoms with Crippen molar-refractivity contribution < 1.29 is 21.2 Å². The molecule has 1 aromatic rings. The summed E-state index contributed by atoms with van der Waals surface area (Å²) < 4.78 is 62.0. The summed E-state index contributed by atoms with van der Waals surface area (Å²) in [5.74, 6) is -1.15. The van der Waals surface area contributed by atoms with Crippen LogP contribution in [0.1, 0.15) is 32.6 Å². The molecule has 0 spiro atoms. The Bertz CT molecular complexity index is 689. The normalized spacial score (nSPS) is 12.5. The van der Waals surface area contributed by atoms with E-state index >= 15 is 0 Å². The van der Waals surface area contributed by atoms with Gasteiger partial charge in [0, 0.05) is 17.2 Å². The summed E-state index contributed by atoms with van der Waals surface area (Å²) in [6.07, 6.45) is 3.56. The van der Waals surface area contributed by atoms with Crippen LogP contribution in [-0.2, 0) is 19.1 Å². The molecule has 0 atom stereocenters. The molecule has 0 fully saturated rings. The molecule has 0 aromatic heterocycles. The lowest BCUT2D eigenvalue weighted by molar-refractivity contribution is 0.549. The van der Waals surface area contributed by atoms with Crippen LogP contribution in [0.15, 0.2) is 28.0 Å². The Balaban J connectivity index is 2.85. The van der Waals surface area contributed by atoms with Gasteiger partial charge in [-0.05, 0) is 24.6 Å². The van der Waals surface area contributed by atoms with Gasteiger partial charge in [-0.25, -0.2) is 25.9 Å². The number of hydrogen-bond acceptors (Lipinski definition) is 4. The van der Waals surface area contributed by atoms with Gasteiger partial charge >= 0.3 is 0 Å². The van der Waals surface area contributed by atoms with Crippen LogP contribution in [0.2, 0.25) is 0 Å². The van der Waals surface area contributed by atoms with Gasteiger partial charge in [-0.1, -0.05) is 26.2 Å². The number of unbranched alkanes of at least 4 members (excludes halogenated alkanes) is 3. The van der Waals surface area contributed by atoms with Gasteiger partial charge in [-0.3, -0.25) is 0 Å². The van der Waals surface area contributed by atoms with E-state index in [0.29, 0.717) is 12.5 Å². The summed E-state index contributed by atoms with van der Waals surface area (Å²) in [5, 5.41) is 0. The van der Waals surface area contributed by atoms with Crippen LogP contribution in [0.3, 0.4) is 0 Å². The lowest BCUT2D eigenvalue weighted by Crippen LogP contribution is -2.25. The Morgan fingerprint density at radius 1 is 1.14 bits per heavy atom. The number of halogens is 2. The average Bonchev–Trinajstić information content (AvgIpc) is 2.37. The maximum atomic E-state index is 13.8. The number of hydrogen-bond donors (Lipinski definition) is 1. The fourth-order valence-corrected chi connectivity index (χ4v) is 3.58. The monoisotopic (exact) mass is 357 g/mol. The minimum atomic E-state index is -4.10. The molecule has 0 aliphatic rings. The Morgan fingerprint density at radius 2 is 1.81 bits per heavy atom. The highest BCUT2D eigenvalue weighted by molar-refractivity contribution is 8.13. The Hall–Kier alpha value is -0.700. The molecular weight excluding hydrogens is 341 g/mol. The summed E-state index contributed by atoms with van der Waals surface area (Å²) in [6, 6.07) is 2.43. The third kappa shape index (κ3) is 5.54. The van der Waals surface area contributed by atoms with Crippen molar-refractivity contribution in [2.45, 2.75) is 42.4 Å². The molecule has 0 heterocycles. The number of sulfonamides is 1. The average molecular weight is 358 g/mol. The van der Waals surface area contributed by atoms with Crippen molar-refractivity contribution in [2.24, 2.45) is 0 Å². The zero-order valence-electron chi connectivity index (χ0n) is 11.5. The van der Waals surface area contributed by atoms with Gasteiger partial charge in [0.2, 0.25) is 10.0 Å². The Morgan fingerprint density at radius 3 is 2.33 bits per heavy atom. The second-order valence-corrected chi connectivity index (χ2v) is 8.79. The van der Waals surface area contributed by atoms with Gasteiger partial charge in [0.05, 0.1) is 4.90 Å². The molecule has 1 N–H and O–H groups in total. The second kappa shape index (κ2) is 7.53. The molecule has 120 valence electrons. The second-order valence-electron chi connectivity index (χ2n) is 4.49. The van der Waals surface area contributed by atoms with E-state index in [4.69, 9.17) is 10.7 Å². The number of benzene rings is 1. The van der Waals surface area contributed by atoms with E-state index in [1.807, 2.05) is 6.92 Å². The predicted molar refractivity (Wildman–Crippen MR) is 78.8 cm³/mol. The minimum absolute atomic E-state index is 0.206. The summed E-state index contributed by atoms with van der Waals surface area (Å²) in [4.78, 5) is -1.08. The first kappa shape index (κ1) is 18.3. The fourth-order valence-electron chi connectivity index (χ4n) is 1.69. The van der Waals surface area contributed by atoms with Crippen LogP contribution in [-0.4, -0.2) is 23.4 Å². The molecular formula is C12H17ClFNO4S2. The summed E-state index contributed by atoms with van der Waals surface area (Å²) >= 11 is 0. The molecule has 0 saturated heterocycles. The van der Waals surface area contributed by atoms with E-state index in [-0.39, 0.29) is 6.54 Å². The molecule has 1 aromatic carbocycles. The van der Waals surface area contributed by atoms with Crippen molar-refractivity contribution in [3.63, 3.8) is 0 Å². The molecule has 0 aliphatic heterocycles. The topological polar surface area (TPSA) is 80.3 Å². The molecule has 21 heavy (non-hydrogen) atoms. The van der Waals surface area contributed by atoms with Crippen molar-refractivity contribution >= 4 is 29.8 Å². The highest BCUT2D eigenvalue weighted by atomic mass is 35.7. The van der Waals surface area contributed by atoms with Gasteiger partial charge in [-0.2, -0.15) is 0 Å². The summed E-state index contributed by atoms with van der Waals surface area (Å²) in [5.41, 5.74) is 0. The van der Waals surface area contributed by atoms with E-state index in [9.17, 15) is 21.2 Å². The molecule has 0 radical (unpaired) electrons. The molecule has 5 nitrogen and oxygen atoms in total. The van der Waals surface area contributed by atoms with Crippen molar-refractivity contribution in [1.29, 1.82) is 0 Å². The van der Waals surface area contributed by atoms with Crippen LogP contribution >= 0.6 is 10.7 Å². The number of rotatable bonds is 8. The summed E-state index contributed by atoms with van der Waals surface area (Å²) in [7, 11) is -3.03. The van der Waals surface area contributed by atoms with Gasteiger partial charge in [0.25, 0.3) is 9.05 Å². The van der Waals surface area contributed by atoms with Crippen molar-refractivity contribution in [3.8, 4) is 0 Å². The minimum Gasteiger partial charge on any atom is -0.211 e. The van der Waals surface area contributed by atoms with E-state index in [2.05, 4.69) is 4.72 Å². The molecule has 0 amide bonds. The maximum absolute atomic E-state index is 13.8. The quantitative estimate of drug-likeness (QED) is 0.573. The standard InChI is InChI=1S/C12H17ClFNO4S2/c1-2-3-4-5-8-15-21(18,19)12-7-6-10(9-11(12)14)20(13,16)17/h6-7,9,15H,2-5,8H2,1H3. The molecule has 0 unspecified atom stereocenters. The van der Waals surface area contributed by atoms with Gasteiger partial charge < -0.3 is 0 Å². The van der Waals surface area contributed by atoms with E-state index in [0.717, 1.165) is 31.4 Å². The first-order valence-corrected chi connectivity index (χ1v) is 10.2. The Labute approximate surface area is 129 Å². The molecule has 1 rings (SSSR count). The van der Waals surface area contributed by atoms with E-state index in [1.165, 1.54) is 0 Å². The van der Waals surface area contributed by atoms with Crippen LogP contribution in [0.25, 0.3) is 0 Å². The van der Waals surface area contributed by atoms with Crippen LogP contribution in [0, 0.1) is 5.82 Å². The largest absolute Gasteiger partial charge is 0.261 e. The molecule has 9 heteroatoms. The fraction of sp³-hybridized carbons (Fsp3) is 0.500. The van der Waals surface area contributed by atoms with Crippen molar-refractivity contribution in [1.82, 2.24) is 4.72 Å². The SMILES string of the molecule is CCCCCCNS(=O)(=O)c1ccc(S(=O)(=O)Cl)cc1F. The first-order valence-electron chi connectivity index (χ1n) is 6.42. The van der Waals surface area contributed by atoms with Crippen LogP contribution < -0.4 is 4.72 Å². The predicted octanol–water partition coefficient (Wildman–Crippen LogP) is 2.61. The van der Waals surface area contributed by atoms with E-state index < -0.39 is 34.7 Å². The molecule has 0 aliphatic carbocycles. The van der Waals surface area contributed by atoms with Crippen LogP contribution in [0.5, 0.6) is 0 Å². The highest BCUT2D eigenvalue weighted by Gasteiger charge is 2.21. The maximum Gasteiger partial charge on any atom is 0.261 e. The van der Waals surface area contributed by atoms with Gasteiger partial charge in [-0.15, -0.1) is 0 Å².